The van der Waals surface area contributed by atoms with Gasteiger partial charge in [0, 0.05) is 25.7 Å². The number of nitrogens with zero attached hydrogens (tertiary/aromatic N) is 4. The fourth-order valence-electron chi connectivity index (χ4n) is 2.41. The molecular weight excluding hydrogens is 268 g/mol. The lowest BCUT2D eigenvalue weighted by Crippen LogP contribution is -2.33. The molecule has 6 heteroatoms. The lowest BCUT2D eigenvalue weighted by atomic mass is 10.1. The van der Waals surface area contributed by atoms with E-state index in [4.69, 9.17) is 5.11 Å². The second-order valence-corrected chi connectivity index (χ2v) is 5.06. The molecule has 0 fully saturated rings. The van der Waals surface area contributed by atoms with Gasteiger partial charge >= 0.3 is 5.97 Å². The molecule has 2 aromatic rings. The van der Waals surface area contributed by atoms with Crippen LogP contribution in [0.25, 0.3) is 6.08 Å². The van der Waals surface area contributed by atoms with E-state index in [1.807, 2.05) is 24.3 Å². The highest BCUT2D eigenvalue weighted by atomic mass is 16.4. The van der Waals surface area contributed by atoms with Crippen molar-refractivity contribution in [2.75, 3.05) is 6.54 Å². The van der Waals surface area contributed by atoms with Crippen LogP contribution in [0.5, 0.6) is 0 Å². The number of carboxylic acids is 1. The molecule has 0 bridgehead atoms. The Balaban J connectivity index is 1.62. The zero-order valence-electron chi connectivity index (χ0n) is 11.5. The first-order valence-electron chi connectivity index (χ1n) is 6.80. The molecule has 2 heterocycles. The van der Waals surface area contributed by atoms with Crippen LogP contribution in [0, 0.1) is 0 Å². The highest BCUT2D eigenvalue weighted by Crippen LogP contribution is 2.14. The van der Waals surface area contributed by atoms with Crippen molar-refractivity contribution in [3.8, 4) is 0 Å². The van der Waals surface area contributed by atoms with Crippen LogP contribution < -0.4 is 0 Å². The van der Waals surface area contributed by atoms with Gasteiger partial charge in [0.25, 0.3) is 0 Å². The molecule has 1 N–H and O–H groups in total. The molecule has 3 rings (SSSR count). The number of rotatable bonds is 4. The van der Waals surface area contributed by atoms with Gasteiger partial charge in [-0.25, -0.2) is 4.79 Å². The summed E-state index contributed by atoms with van der Waals surface area (Å²) < 4.78 is 2.08. The lowest BCUT2D eigenvalue weighted by Gasteiger charge is -2.26. The van der Waals surface area contributed by atoms with Crippen LogP contribution in [0.1, 0.15) is 17.0 Å². The normalized spacial score (nSPS) is 15.2. The highest BCUT2D eigenvalue weighted by molar-refractivity contribution is 5.85. The average molecular weight is 284 g/mol. The zero-order chi connectivity index (χ0) is 14.7. The molecule has 0 aliphatic carbocycles. The standard InChI is InChI=1S/C15H16N4O2/c20-15(21)6-5-12-1-3-13(4-2-12)9-18-7-8-19-11-16-17-14(19)10-18/h1-6,11H,7-10H2,(H,20,21). The maximum Gasteiger partial charge on any atom is 0.328 e. The quantitative estimate of drug-likeness (QED) is 0.859. The van der Waals surface area contributed by atoms with Gasteiger partial charge in [-0.2, -0.15) is 0 Å². The predicted octanol–water partition coefficient (Wildman–Crippen LogP) is 1.39. The van der Waals surface area contributed by atoms with Crippen molar-refractivity contribution in [1.29, 1.82) is 0 Å². The van der Waals surface area contributed by atoms with Crippen molar-refractivity contribution in [1.82, 2.24) is 19.7 Å². The molecule has 1 aromatic heterocycles. The summed E-state index contributed by atoms with van der Waals surface area (Å²) in [4.78, 5) is 12.8. The van der Waals surface area contributed by atoms with E-state index >= 15 is 0 Å². The number of aliphatic carboxylic acids is 1. The van der Waals surface area contributed by atoms with E-state index in [1.54, 1.807) is 12.4 Å². The van der Waals surface area contributed by atoms with Crippen molar-refractivity contribution < 1.29 is 9.90 Å². The Morgan fingerprint density at radius 2 is 2.10 bits per heavy atom. The third kappa shape index (κ3) is 3.35. The highest BCUT2D eigenvalue weighted by Gasteiger charge is 2.17. The van der Waals surface area contributed by atoms with E-state index in [2.05, 4.69) is 19.7 Å². The third-order valence-electron chi connectivity index (χ3n) is 3.52. The minimum atomic E-state index is -0.934. The summed E-state index contributed by atoms with van der Waals surface area (Å²) in [7, 11) is 0. The monoisotopic (exact) mass is 284 g/mol. The van der Waals surface area contributed by atoms with E-state index in [-0.39, 0.29) is 0 Å². The SMILES string of the molecule is O=C(O)C=Cc1ccc(CN2CCn3cnnc3C2)cc1. The maximum atomic E-state index is 10.5. The molecule has 0 radical (unpaired) electrons. The van der Waals surface area contributed by atoms with Gasteiger partial charge in [0.2, 0.25) is 0 Å². The van der Waals surface area contributed by atoms with Gasteiger partial charge in [0.05, 0.1) is 6.54 Å². The molecule has 0 saturated heterocycles. The molecule has 21 heavy (non-hydrogen) atoms. The number of benzene rings is 1. The molecule has 0 unspecified atom stereocenters. The first-order chi connectivity index (χ1) is 10.2. The van der Waals surface area contributed by atoms with Crippen LogP contribution in [0.4, 0.5) is 0 Å². The Bertz CT molecular complexity index is 661. The smallest absolute Gasteiger partial charge is 0.328 e. The van der Waals surface area contributed by atoms with Crippen molar-refractivity contribution in [2.45, 2.75) is 19.6 Å². The maximum absolute atomic E-state index is 10.5. The van der Waals surface area contributed by atoms with Gasteiger partial charge in [0.15, 0.2) is 0 Å². The summed E-state index contributed by atoms with van der Waals surface area (Å²) in [5.41, 5.74) is 2.09. The van der Waals surface area contributed by atoms with Gasteiger partial charge in [-0.15, -0.1) is 10.2 Å². The fraction of sp³-hybridized carbons (Fsp3) is 0.267. The molecule has 0 spiro atoms. The predicted molar refractivity (Wildman–Crippen MR) is 77.2 cm³/mol. The first kappa shape index (κ1) is 13.5. The second kappa shape index (κ2) is 5.88. The van der Waals surface area contributed by atoms with E-state index in [1.165, 1.54) is 5.56 Å². The molecule has 0 saturated carbocycles. The third-order valence-corrected chi connectivity index (χ3v) is 3.52. The van der Waals surface area contributed by atoms with E-state index in [0.29, 0.717) is 0 Å². The molecule has 1 aliphatic heterocycles. The Labute approximate surface area is 122 Å². The number of aromatic nitrogens is 3. The van der Waals surface area contributed by atoms with Crippen molar-refractivity contribution >= 4 is 12.0 Å². The topological polar surface area (TPSA) is 71.2 Å². The summed E-state index contributed by atoms with van der Waals surface area (Å²) in [5.74, 6) is 0.0683. The minimum absolute atomic E-state index is 0.806. The molecule has 0 amide bonds. The van der Waals surface area contributed by atoms with Crippen molar-refractivity contribution in [3.63, 3.8) is 0 Å². The lowest BCUT2D eigenvalue weighted by molar-refractivity contribution is -0.131. The molecule has 108 valence electrons. The number of carboxylic acid groups (broad SMARTS) is 1. The molecule has 1 aliphatic rings. The minimum Gasteiger partial charge on any atom is -0.478 e. The Kier molecular flexibility index (Phi) is 3.79. The van der Waals surface area contributed by atoms with Crippen LogP contribution in [0.15, 0.2) is 36.7 Å². The number of hydrogen-bond donors (Lipinski definition) is 1. The van der Waals surface area contributed by atoms with E-state index in [9.17, 15) is 4.79 Å². The zero-order valence-corrected chi connectivity index (χ0v) is 11.5. The van der Waals surface area contributed by atoms with Crippen LogP contribution in [-0.4, -0.2) is 37.3 Å². The van der Waals surface area contributed by atoms with Gasteiger partial charge < -0.3 is 9.67 Å². The Morgan fingerprint density at radius 1 is 1.29 bits per heavy atom. The summed E-state index contributed by atoms with van der Waals surface area (Å²) in [6.45, 7) is 3.56. The van der Waals surface area contributed by atoms with Crippen molar-refractivity contribution in [3.05, 3.63) is 53.6 Å². The number of carbonyl (C=O) groups is 1. The molecule has 0 atom stereocenters. The second-order valence-electron chi connectivity index (χ2n) is 5.06. The van der Waals surface area contributed by atoms with E-state index in [0.717, 1.165) is 43.6 Å². The van der Waals surface area contributed by atoms with Gasteiger partial charge in [-0.05, 0) is 17.2 Å². The summed E-state index contributed by atoms with van der Waals surface area (Å²) in [6, 6.07) is 7.92. The number of fused-ring (bicyclic) bond motifs is 1. The van der Waals surface area contributed by atoms with Crippen molar-refractivity contribution in [2.24, 2.45) is 0 Å². The number of hydrogen-bond acceptors (Lipinski definition) is 4. The Hall–Kier alpha value is -2.47. The summed E-state index contributed by atoms with van der Waals surface area (Å²) in [6.07, 6.45) is 4.51. The van der Waals surface area contributed by atoms with Gasteiger partial charge in [-0.3, -0.25) is 4.90 Å². The van der Waals surface area contributed by atoms with E-state index < -0.39 is 5.97 Å². The summed E-state index contributed by atoms with van der Waals surface area (Å²) >= 11 is 0. The largest absolute Gasteiger partial charge is 0.478 e. The van der Waals surface area contributed by atoms with Crippen LogP contribution in [-0.2, 0) is 24.4 Å². The van der Waals surface area contributed by atoms with Crippen LogP contribution in [0.3, 0.4) is 0 Å². The molecule has 1 aromatic carbocycles. The molecular formula is C15H16N4O2. The summed E-state index contributed by atoms with van der Waals surface area (Å²) in [5, 5.41) is 16.6. The van der Waals surface area contributed by atoms with Gasteiger partial charge in [0.1, 0.15) is 12.2 Å². The fourth-order valence-corrected chi connectivity index (χ4v) is 2.41. The molecule has 6 nitrogen and oxygen atoms in total. The van der Waals surface area contributed by atoms with Crippen LogP contribution in [0.2, 0.25) is 0 Å². The van der Waals surface area contributed by atoms with Gasteiger partial charge in [-0.1, -0.05) is 24.3 Å². The average Bonchev–Trinajstić information content (AvgIpc) is 2.94. The first-order valence-corrected chi connectivity index (χ1v) is 6.80. The van der Waals surface area contributed by atoms with Crippen LogP contribution >= 0.6 is 0 Å². The Morgan fingerprint density at radius 3 is 2.86 bits per heavy atom.